The van der Waals surface area contributed by atoms with Crippen molar-refractivity contribution in [1.29, 1.82) is 0 Å². The summed E-state index contributed by atoms with van der Waals surface area (Å²) >= 11 is 0. The molecule has 3 rings (SSSR count). The summed E-state index contributed by atoms with van der Waals surface area (Å²) in [5.41, 5.74) is 3.07. The van der Waals surface area contributed by atoms with Crippen molar-refractivity contribution in [3.8, 4) is 0 Å². The number of benzene rings is 2. The Kier molecular flexibility index (Phi) is 3.86. The van der Waals surface area contributed by atoms with Crippen LogP contribution in [-0.2, 0) is 5.41 Å². The molecule has 1 heterocycles. The number of hydrogen-bond acceptors (Lipinski definition) is 1. The maximum Gasteiger partial charge on any atom is 0.0232 e. The van der Waals surface area contributed by atoms with Gasteiger partial charge >= 0.3 is 0 Å². The van der Waals surface area contributed by atoms with Gasteiger partial charge in [-0.15, -0.1) is 0 Å². The fourth-order valence-corrected chi connectivity index (χ4v) is 3.97. The van der Waals surface area contributed by atoms with Crippen LogP contribution in [0.2, 0.25) is 0 Å². The van der Waals surface area contributed by atoms with E-state index in [1.165, 1.54) is 24.0 Å². The van der Waals surface area contributed by atoms with Gasteiger partial charge in [0.15, 0.2) is 0 Å². The molecule has 1 heteroatoms. The van der Waals surface area contributed by atoms with E-state index < -0.39 is 0 Å². The van der Waals surface area contributed by atoms with E-state index in [1.807, 2.05) is 0 Å². The minimum atomic E-state index is 0.147. The maximum atomic E-state index is 2.52. The van der Waals surface area contributed by atoms with Gasteiger partial charge in [0.2, 0.25) is 0 Å². The van der Waals surface area contributed by atoms with Gasteiger partial charge in [0.05, 0.1) is 0 Å². The lowest BCUT2D eigenvalue weighted by Crippen LogP contribution is -2.51. The van der Waals surface area contributed by atoms with Crippen LogP contribution >= 0.6 is 0 Å². The molecule has 21 heavy (non-hydrogen) atoms. The number of nitrogens with zero attached hydrogens (tertiary/aromatic N) is 1. The topological polar surface area (TPSA) is 3.24 Å². The lowest BCUT2D eigenvalue weighted by molar-refractivity contribution is 0.0936. The van der Waals surface area contributed by atoms with Gasteiger partial charge in [-0.05, 0) is 44.9 Å². The van der Waals surface area contributed by atoms with Gasteiger partial charge in [-0.2, -0.15) is 0 Å². The highest BCUT2D eigenvalue weighted by Crippen LogP contribution is 2.45. The second-order valence-corrected chi connectivity index (χ2v) is 6.59. The zero-order valence-corrected chi connectivity index (χ0v) is 13.3. The normalized spacial score (nSPS) is 25.7. The van der Waals surface area contributed by atoms with Crippen molar-refractivity contribution >= 4 is 0 Å². The lowest BCUT2D eigenvalue weighted by Gasteiger charge is -2.49. The van der Waals surface area contributed by atoms with Gasteiger partial charge in [0.25, 0.3) is 0 Å². The highest BCUT2D eigenvalue weighted by Gasteiger charge is 2.42. The molecule has 0 bridgehead atoms. The largest absolute Gasteiger partial charge is 0.301 e. The van der Waals surface area contributed by atoms with Gasteiger partial charge in [0.1, 0.15) is 0 Å². The smallest absolute Gasteiger partial charge is 0.0232 e. The van der Waals surface area contributed by atoms with Crippen LogP contribution in [0, 0.1) is 0 Å². The average Bonchev–Trinajstić information content (AvgIpc) is 2.54. The summed E-state index contributed by atoms with van der Waals surface area (Å²) < 4.78 is 0. The highest BCUT2D eigenvalue weighted by molar-refractivity contribution is 5.40. The molecule has 0 N–H and O–H groups in total. The third-order valence-electron chi connectivity index (χ3n) is 5.33. The van der Waals surface area contributed by atoms with Crippen molar-refractivity contribution in [3.63, 3.8) is 0 Å². The number of piperidine rings is 1. The van der Waals surface area contributed by atoms with Crippen molar-refractivity contribution in [2.45, 2.75) is 44.2 Å². The van der Waals surface area contributed by atoms with Crippen LogP contribution in [0.5, 0.6) is 0 Å². The predicted molar refractivity (Wildman–Crippen MR) is 89.6 cm³/mol. The Morgan fingerprint density at radius 2 is 1.14 bits per heavy atom. The SMILES string of the molecule is C[C@@H]1CC(c2ccccc2)(c2ccccc2)C[C@@H](C)N1C. The summed E-state index contributed by atoms with van der Waals surface area (Å²) in [7, 11) is 2.26. The first-order valence-electron chi connectivity index (χ1n) is 7.96. The van der Waals surface area contributed by atoms with Gasteiger partial charge < -0.3 is 4.90 Å². The Balaban J connectivity index is 2.13. The predicted octanol–water partition coefficient (Wildman–Crippen LogP) is 4.48. The molecule has 2 aromatic rings. The first kappa shape index (κ1) is 14.3. The Bertz CT molecular complexity index is 522. The van der Waals surface area contributed by atoms with Crippen LogP contribution in [0.4, 0.5) is 0 Å². The summed E-state index contributed by atoms with van der Waals surface area (Å²) in [5.74, 6) is 0. The van der Waals surface area contributed by atoms with Crippen molar-refractivity contribution < 1.29 is 0 Å². The third kappa shape index (κ3) is 2.51. The van der Waals surface area contributed by atoms with E-state index in [9.17, 15) is 0 Å². The molecule has 1 aliphatic rings. The van der Waals surface area contributed by atoms with Crippen LogP contribution in [0.25, 0.3) is 0 Å². The number of rotatable bonds is 2. The van der Waals surface area contributed by atoms with E-state index >= 15 is 0 Å². The standard InChI is InChI=1S/C20H25N/c1-16-14-20(15-17(2)21(16)3,18-10-6-4-7-11-18)19-12-8-5-9-13-19/h4-13,16-17H,14-15H2,1-3H3/t16-,17-/m1/s1. The minimum absolute atomic E-state index is 0.147. The molecule has 2 atom stereocenters. The zero-order chi connectivity index (χ0) is 14.9. The molecule has 0 aliphatic carbocycles. The van der Waals surface area contributed by atoms with Crippen LogP contribution in [-0.4, -0.2) is 24.0 Å². The fourth-order valence-electron chi connectivity index (χ4n) is 3.97. The summed E-state index contributed by atoms with van der Waals surface area (Å²) in [5, 5.41) is 0. The number of likely N-dealkylation sites (tertiary alicyclic amines) is 1. The van der Waals surface area contributed by atoms with Gasteiger partial charge in [-0.25, -0.2) is 0 Å². The molecule has 0 spiro atoms. The molecule has 1 aliphatic heterocycles. The van der Waals surface area contributed by atoms with E-state index in [1.54, 1.807) is 0 Å². The molecule has 0 aromatic heterocycles. The quantitative estimate of drug-likeness (QED) is 0.783. The van der Waals surface area contributed by atoms with Gasteiger partial charge in [0, 0.05) is 17.5 Å². The molecule has 1 saturated heterocycles. The summed E-state index contributed by atoms with van der Waals surface area (Å²) in [6.07, 6.45) is 2.36. The summed E-state index contributed by atoms with van der Waals surface area (Å²) in [6.45, 7) is 4.71. The second-order valence-electron chi connectivity index (χ2n) is 6.59. The molecule has 0 radical (unpaired) electrons. The maximum absolute atomic E-state index is 2.52. The Labute approximate surface area is 128 Å². The van der Waals surface area contributed by atoms with E-state index in [0.29, 0.717) is 12.1 Å². The van der Waals surface area contributed by atoms with E-state index in [2.05, 4.69) is 86.5 Å². The second kappa shape index (κ2) is 5.65. The minimum Gasteiger partial charge on any atom is -0.301 e. The molecule has 110 valence electrons. The molecule has 0 saturated carbocycles. The Morgan fingerprint density at radius 3 is 1.52 bits per heavy atom. The zero-order valence-electron chi connectivity index (χ0n) is 13.3. The highest BCUT2D eigenvalue weighted by atomic mass is 15.2. The van der Waals surface area contributed by atoms with Crippen LogP contribution in [0.1, 0.15) is 37.8 Å². The molecular formula is C20H25N. The van der Waals surface area contributed by atoms with Crippen molar-refractivity contribution in [1.82, 2.24) is 4.90 Å². The van der Waals surface area contributed by atoms with Crippen LogP contribution in [0.3, 0.4) is 0 Å². The molecule has 0 unspecified atom stereocenters. The third-order valence-corrected chi connectivity index (χ3v) is 5.33. The van der Waals surface area contributed by atoms with E-state index in [-0.39, 0.29) is 5.41 Å². The van der Waals surface area contributed by atoms with Gasteiger partial charge in [-0.1, -0.05) is 60.7 Å². The lowest BCUT2D eigenvalue weighted by atomic mass is 9.64. The molecule has 0 amide bonds. The molecule has 2 aromatic carbocycles. The van der Waals surface area contributed by atoms with Crippen LogP contribution < -0.4 is 0 Å². The first-order chi connectivity index (χ1) is 10.1. The van der Waals surface area contributed by atoms with Crippen LogP contribution in [0.15, 0.2) is 60.7 Å². The fraction of sp³-hybridized carbons (Fsp3) is 0.400. The van der Waals surface area contributed by atoms with E-state index in [4.69, 9.17) is 0 Å². The molecule has 1 nitrogen and oxygen atoms in total. The molecular weight excluding hydrogens is 254 g/mol. The van der Waals surface area contributed by atoms with Crippen molar-refractivity contribution in [2.24, 2.45) is 0 Å². The van der Waals surface area contributed by atoms with Crippen molar-refractivity contribution in [3.05, 3.63) is 71.8 Å². The Hall–Kier alpha value is -1.60. The summed E-state index contributed by atoms with van der Waals surface area (Å²) in [6, 6.07) is 23.3. The van der Waals surface area contributed by atoms with Crippen molar-refractivity contribution in [2.75, 3.05) is 7.05 Å². The van der Waals surface area contributed by atoms with E-state index in [0.717, 1.165) is 0 Å². The first-order valence-corrected chi connectivity index (χ1v) is 7.96. The monoisotopic (exact) mass is 279 g/mol. The average molecular weight is 279 g/mol. The summed E-state index contributed by atoms with van der Waals surface area (Å²) in [4.78, 5) is 2.52. The van der Waals surface area contributed by atoms with Gasteiger partial charge in [-0.3, -0.25) is 0 Å². The Morgan fingerprint density at radius 1 is 0.762 bits per heavy atom. The molecule has 1 fully saturated rings. The number of hydrogen-bond donors (Lipinski definition) is 0.